The molecule has 0 N–H and O–H groups in total. The zero-order valence-electron chi connectivity index (χ0n) is 15.3. The van der Waals surface area contributed by atoms with Crippen LogP contribution in [0.4, 0.5) is 13.2 Å². The maximum atomic E-state index is 13.0. The average molecular weight is 443 g/mol. The molecule has 0 bridgehead atoms. The summed E-state index contributed by atoms with van der Waals surface area (Å²) in [5, 5.41) is -0.544. The molecule has 0 aromatic heterocycles. The van der Waals surface area contributed by atoms with Gasteiger partial charge in [-0.15, -0.1) is 0 Å². The van der Waals surface area contributed by atoms with Gasteiger partial charge in [0.15, 0.2) is 0 Å². The quantitative estimate of drug-likeness (QED) is 0.607. The van der Waals surface area contributed by atoms with E-state index in [-0.39, 0.29) is 25.5 Å². The number of carbonyl (C=O) groups excluding carboxylic acids is 1. The second kappa shape index (κ2) is 9.43. The third kappa shape index (κ3) is 5.82. The number of ether oxygens (including phenoxy) is 1. The molecular formula is C17H22ClF3N2O4S. The molecular weight excluding hydrogens is 421 g/mol. The van der Waals surface area contributed by atoms with Crippen molar-refractivity contribution in [2.24, 2.45) is 0 Å². The molecule has 0 amide bonds. The van der Waals surface area contributed by atoms with Crippen molar-refractivity contribution >= 4 is 27.6 Å². The van der Waals surface area contributed by atoms with Gasteiger partial charge in [-0.2, -0.15) is 17.5 Å². The molecule has 1 aromatic carbocycles. The van der Waals surface area contributed by atoms with E-state index in [0.717, 1.165) is 16.4 Å². The smallest absolute Gasteiger partial charge is 0.417 e. The molecule has 0 spiro atoms. The number of halogens is 4. The standard InChI is InChI=1S/C17H22ClF3N2O4S/c1-2-27-16(24)4-3-7-22-8-10-23(11-9-22)28(25,26)13-5-6-15(18)14(12-13)17(19,20)21/h5-6,12H,2-4,7-11H2,1H3. The average Bonchev–Trinajstić information content (AvgIpc) is 2.61. The molecule has 11 heteroatoms. The number of benzene rings is 1. The number of sulfonamides is 1. The number of hydrogen-bond donors (Lipinski definition) is 0. The second-order valence-electron chi connectivity index (χ2n) is 6.29. The summed E-state index contributed by atoms with van der Waals surface area (Å²) in [6, 6.07) is 2.60. The van der Waals surface area contributed by atoms with Crippen LogP contribution in [0, 0.1) is 0 Å². The number of alkyl halides is 3. The lowest BCUT2D eigenvalue weighted by Gasteiger charge is -2.34. The molecule has 1 saturated heterocycles. The molecule has 1 fully saturated rings. The Morgan fingerprint density at radius 3 is 2.43 bits per heavy atom. The molecule has 1 heterocycles. The van der Waals surface area contributed by atoms with Gasteiger partial charge in [-0.1, -0.05) is 11.6 Å². The highest BCUT2D eigenvalue weighted by atomic mass is 35.5. The molecule has 0 aliphatic carbocycles. The van der Waals surface area contributed by atoms with Crippen molar-refractivity contribution in [3.05, 3.63) is 28.8 Å². The van der Waals surface area contributed by atoms with E-state index < -0.39 is 31.7 Å². The number of hydrogen-bond acceptors (Lipinski definition) is 5. The van der Waals surface area contributed by atoms with Crippen molar-refractivity contribution in [1.29, 1.82) is 0 Å². The SMILES string of the molecule is CCOC(=O)CCCN1CCN(S(=O)(=O)c2ccc(Cl)c(C(F)(F)F)c2)CC1. The van der Waals surface area contributed by atoms with Crippen LogP contribution in [0.25, 0.3) is 0 Å². The fourth-order valence-electron chi connectivity index (χ4n) is 2.90. The second-order valence-corrected chi connectivity index (χ2v) is 8.64. The molecule has 0 saturated carbocycles. The lowest BCUT2D eigenvalue weighted by atomic mass is 10.2. The molecule has 1 aromatic rings. The normalized spacial score (nSPS) is 16.9. The predicted octanol–water partition coefficient (Wildman–Crippen LogP) is 3.01. The molecule has 6 nitrogen and oxygen atoms in total. The van der Waals surface area contributed by atoms with Crippen LogP contribution in [0.1, 0.15) is 25.3 Å². The Morgan fingerprint density at radius 1 is 1.21 bits per heavy atom. The van der Waals surface area contributed by atoms with Crippen LogP contribution >= 0.6 is 11.6 Å². The van der Waals surface area contributed by atoms with Gasteiger partial charge in [0.25, 0.3) is 0 Å². The van der Waals surface area contributed by atoms with Crippen LogP contribution in [0.15, 0.2) is 23.1 Å². The number of nitrogens with zero attached hydrogens (tertiary/aromatic N) is 2. The first-order chi connectivity index (χ1) is 13.1. The summed E-state index contributed by atoms with van der Waals surface area (Å²) in [6.45, 7) is 3.86. The van der Waals surface area contributed by atoms with Gasteiger partial charge in [-0.05, 0) is 38.1 Å². The van der Waals surface area contributed by atoms with E-state index in [9.17, 15) is 26.4 Å². The van der Waals surface area contributed by atoms with Crippen molar-refractivity contribution in [1.82, 2.24) is 9.21 Å². The van der Waals surface area contributed by atoms with E-state index >= 15 is 0 Å². The highest BCUT2D eigenvalue weighted by molar-refractivity contribution is 7.89. The zero-order chi connectivity index (χ0) is 20.9. The van der Waals surface area contributed by atoms with Gasteiger partial charge >= 0.3 is 12.1 Å². The molecule has 1 aliphatic rings. The molecule has 28 heavy (non-hydrogen) atoms. The monoisotopic (exact) mass is 442 g/mol. The Hall–Kier alpha value is -1.36. The molecule has 1 aliphatic heterocycles. The Labute approximate surface area is 167 Å². The number of rotatable bonds is 7. The highest BCUT2D eigenvalue weighted by Crippen LogP contribution is 2.36. The number of piperazine rings is 1. The van der Waals surface area contributed by atoms with E-state index in [1.54, 1.807) is 6.92 Å². The minimum Gasteiger partial charge on any atom is -0.466 e. The van der Waals surface area contributed by atoms with Gasteiger partial charge in [0.05, 0.1) is 22.1 Å². The van der Waals surface area contributed by atoms with Crippen molar-refractivity contribution in [3.8, 4) is 0 Å². The number of carbonyl (C=O) groups is 1. The first kappa shape index (κ1) is 22.9. The van der Waals surface area contributed by atoms with Crippen LogP contribution in [0.2, 0.25) is 5.02 Å². The van der Waals surface area contributed by atoms with Crippen LogP contribution in [-0.2, 0) is 25.7 Å². The minimum atomic E-state index is -4.74. The van der Waals surface area contributed by atoms with Gasteiger partial charge in [-0.3, -0.25) is 4.79 Å². The van der Waals surface area contributed by atoms with Crippen LogP contribution in [-0.4, -0.2) is 62.9 Å². The summed E-state index contributed by atoms with van der Waals surface area (Å²) in [5.41, 5.74) is -1.17. The van der Waals surface area contributed by atoms with Gasteiger partial charge in [0, 0.05) is 32.6 Å². The first-order valence-electron chi connectivity index (χ1n) is 8.80. The fraction of sp³-hybridized carbons (Fsp3) is 0.588. The summed E-state index contributed by atoms with van der Waals surface area (Å²) in [6.07, 6.45) is -3.85. The summed E-state index contributed by atoms with van der Waals surface area (Å²) in [7, 11) is -4.05. The largest absolute Gasteiger partial charge is 0.466 e. The zero-order valence-corrected chi connectivity index (χ0v) is 16.9. The van der Waals surface area contributed by atoms with Crippen molar-refractivity contribution < 1.29 is 31.1 Å². The van der Waals surface area contributed by atoms with Gasteiger partial charge in [0.2, 0.25) is 10.0 Å². The van der Waals surface area contributed by atoms with Crippen molar-refractivity contribution in [2.45, 2.75) is 30.8 Å². The lowest BCUT2D eigenvalue weighted by molar-refractivity contribution is -0.143. The van der Waals surface area contributed by atoms with Crippen molar-refractivity contribution in [2.75, 3.05) is 39.3 Å². The van der Waals surface area contributed by atoms with E-state index in [2.05, 4.69) is 0 Å². The first-order valence-corrected chi connectivity index (χ1v) is 10.6. The van der Waals surface area contributed by atoms with Crippen LogP contribution in [0.3, 0.4) is 0 Å². The van der Waals surface area contributed by atoms with E-state index in [1.165, 1.54) is 0 Å². The maximum Gasteiger partial charge on any atom is 0.417 e. The Bertz CT molecular complexity index is 794. The van der Waals surface area contributed by atoms with Gasteiger partial charge in [-0.25, -0.2) is 8.42 Å². The number of esters is 1. The Kier molecular flexibility index (Phi) is 7.72. The van der Waals surface area contributed by atoms with E-state index in [0.29, 0.717) is 38.7 Å². The summed E-state index contributed by atoms with van der Waals surface area (Å²) >= 11 is 5.56. The fourth-order valence-corrected chi connectivity index (χ4v) is 4.58. The van der Waals surface area contributed by atoms with E-state index in [1.807, 2.05) is 4.90 Å². The molecule has 0 unspecified atom stereocenters. The molecule has 0 radical (unpaired) electrons. The van der Waals surface area contributed by atoms with E-state index in [4.69, 9.17) is 16.3 Å². The third-order valence-electron chi connectivity index (χ3n) is 4.37. The van der Waals surface area contributed by atoms with Crippen molar-refractivity contribution in [3.63, 3.8) is 0 Å². The summed E-state index contributed by atoms with van der Waals surface area (Å²) in [5.74, 6) is -0.271. The van der Waals surface area contributed by atoms with Gasteiger partial charge in [0.1, 0.15) is 0 Å². The summed E-state index contributed by atoms with van der Waals surface area (Å²) < 4.78 is 70.4. The molecule has 158 valence electrons. The van der Waals surface area contributed by atoms with Crippen LogP contribution in [0.5, 0.6) is 0 Å². The third-order valence-corrected chi connectivity index (χ3v) is 6.60. The lowest BCUT2D eigenvalue weighted by Crippen LogP contribution is -2.48. The predicted molar refractivity (Wildman–Crippen MR) is 97.5 cm³/mol. The van der Waals surface area contributed by atoms with Gasteiger partial charge < -0.3 is 9.64 Å². The topological polar surface area (TPSA) is 66.9 Å². The maximum absolute atomic E-state index is 13.0. The van der Waals surface area contributed by atoms with Crippen LogP contribution < -0.4 is 0 Å². The minimum absolute atomic E-state index is 0.158. The molecule has 0 atom stereocenters. The Morgan fingerprint density at radius 2 is 1.86 bits per heavy atom. The highest BCUT2D eigenvalue weighted by Gasteiger charge is 2.36. The molecule has 2 rings (SSSR count). The Balaban J connectivity index is 1.97. The summed E-state index contributed by atoms with van der Waals surface area (Å²) in [4.78, 5) is 12.9.